The van der Waals surface area contributed by atoms with E-state index >= 15 is 0 Å². The van der Waals surface area contributed by atoms with Crippen LogP contribution in [0.4, 0.5) is 0 Å². The number of hydrogen-bond acceptors (Lipinski definition) is 1. The second kappa shape index (κ2) is 4.91. The Morgan fingerprint density at radius 2 is 1.76 bits per heavy atom. The molecule has 0 spiro atoms. The fourth-order valence-corrected chi connectivity index (χ4v) is 4.73. The number of nitrogens with one attached hydrogen (secondary N) is 1. The first-order valence-corrected chi connectivity index (χ1v) is 8.10. The summed E-state index contributed by atoms with van der Waals surface area (Å²) >= 11 is 3.72. The molecule has 96 valence electrons. The Kier molecular flexibility index (Phi) is 3.47. The van der Waals surface area contributed by atoms with Crippen molar-refractivity contribution in [2.24, 2.45) is 23.7 Å². The van der Waals surface area contributed by atoms with Gasteiger partial charge in [0.2, 0.25) is 5.91 Å². The lowest BCUT2D eigenvalue weighted by Crippen LogP contribution is -2.32. The van der Waals surface area contributed by atoms with Crippen molar-refractivity contribution in [3.8, 4) is 0 Å². The van der Waals surface area contributed by atoms with Crippen molar-refractivity contribution in [2.45, 2.75) is 49.8 Å². The molecular formula is C14H22BrNO. The molecule has 3 fully saturated rings. The Morgan fingerprint density at radius 1 is 1.06 bits per heavy atom. The maximum atomic E-state index is 12.1. The molecule has 4 atom stereocenters. The van der Waals surface area contributed by atoms with Gasteiger partial charge in [-0.25, -0.2) is 0 Å². The van der Waals surface area contributed by atoms with Crippen LogP contribution in [0.5, 0.6) is 0 Å². The highest BCUT2D eigenvalue weighted by Crippen LogP contribution is 2.55. The van der Waals surface area contributed by atoms with Crippen LogP contribution < -0.4 is 5.32 Å². The average Bonchev–Trinajstić information content (AvgIpc) is 2.94. The minimum absolute atomic E-state index is 0.355. The molecule has 1 N–H and O–H groups in total. The topological polar surface area (TPSA) is 29.1 Å². The van der Waals surface area contributed by atoms with E-state index in [2.05, 4.69) is 21.2 Å². The molecule has 0 heterocycles. The summed E-state index contributed by atoms with van der Waals surface area (Å²) in [6, 6.07) is 0. The third-order valence-corrected chi connectivity index (χ3v) is 6.27. The SMILES string of the molecule is O=C(NCC1CCCC1Br)C1C2CCCCC21. The molecule has 17 heavy (non-hydrogen) atoms. The predicted molar refractivity (Wildman–Crippen MR) is 72.0 cm³/mol. The van der Waals surface area contributed by atoms with E-state index in [0.717, 1.165) is 18.4 Å². The first-order chi connectivity index (χ1) is 8.27. The molecule has 3 saturated carbocycles. The van der Waals surface area contributed by atoms with E-state index in [0.29, 0.717) is 22.6 Å². The van der Waals surface area contributed by atoms with E-state index < -0.39 is 0 Å². The van der Waals surface area contributed by atoms with E-state index in [-0.39, 0.29) is 0 Å². The minimum atomic E-state index is 0.355. The molecule has 0 bridgehead atoms. The average molecular weight is 300 g/mol. The number of alkyl halides is 1. The predicted octanol–water partition coefficient (Wildman–Crippen LogP) is 3.10. The van der Waals surface area contributed by atoms with Gasteiger partial charge in [0.15, 0.2) is 0 Å². The van der Waals surface area contributed by atoms with Crippen molar-refractivity contribution in [3.63, 3.8) is 0 Å². The van der Waals surface area contributed by atoms with E-state index in [4.69, 9.17) is 0 Å². The summed E-state index contributed by atoms with van der Waals surface area (Å²) in [7, 11) is 0. The van der Waals surface area contributed by atoms with E-state index in [9.17, 15) is 4.79 Å². The Bertz CT molecular complexity index is 295. The van der Waals surface area contributed by atoms with Crippen LogP contribution in [0.15, 0.2) is 0 Å². The standard InChI is InChI=1S/C14H22BrNO/c15-12-7-3-4-9(12)8-16-14(17)13-10-5-1-2-6-11(10)13/h9-13H,1-8H2,(H,16,17). The van der Waals surface area contributed by atoms with Crippen LogP contribution in [-0.2, 0) is 4.79 Å². The number of carbonyl (C=O) groups excluding carboxylic acids is 1. The van der Waals surface area contributed by atoms with Crippen LogP contribution in [0.25, 0.3) is 0 Å². The van der Waals surface area contributed by atoms with E-state index in [1.807, 2.05) is 0 Å². The van der Waals surface area contributed by atoms with Gasteiger partial charge >= 0.3 is 0 Å². The molecule has 4 unspecified atom stereocenters. The Balaban J connectivity index is 1.45. The van der Waals surface area contributed by atoms with Gasteiger partial charge in [0.1, 0.15) is 0 Å². The summed E-state index contributed by atoms with van der Waals surface area (Å²) in [5, 5.41) is 3.20. The second-order valence-electron chi connectivity index (χ2n) is 6.09. The quantitative estimate of drug-likeness (QED) is 0.797. The maximum Gasteiger partial charge on any atom is 0.223 e. The van der Waals surface area contributed by atoms with Gasteiger partial charge in [0.25, 0.3) is 0 Å². The van der Waals surface area contributed by atoms with Crippen LogP contribution in [-0.4, -0.2) is 17.3 Å². The van der Waals surface area contributed by atoms with Gasteiger partial charge in [-0.15, -0.1) is 0 Å². The van der Waals surface area contributed by atoms with Crippen LogP contribution in [0, 0.1) is 23.7 Å². The maximum absolute atomic E-state index is 12.1. The lowest BCUT2D eigenvalue weighted by molar-refractivity contribution is -0.123. The van der Waals surface area contributed by atoms with Crippen molar-refractivity contribution >= 4 is 21.8 Å². The molecule has 3 heteroatoms. The highest BCUT2D eigenvalue weighted by molar-refractivity contribution is 9.09. The number of carbonyl (C=O) groups is 1. The second-order valence-corrected chi connectivity index (χ2v) is 7.27. The molecule has 3 aliphatic carbocycles. The largest absolute Gasteiger partial charge is 0.356 e. The van der Waals surface area contributed by atoms with Crippen LogP contribution >= 0.6 is 15.9 Å². The first-order valence-electron chi connectivity index (χ1n) is 7.19. The zero-order valence-corrected chi connectivity index (χ0v) is 11.9. The summed E-state index contributed by atoms with van der Waals surface area (Å²) in [6.45, 7) is 0.894. The molecule has 0 radical (unpaired) electrons. The molecule has 0 aromatic rings. The van der Waals surface area contributed by atoms with Crippen molar-refractivity contribution in [1.82, 2.24) is 5.32 Å². The zero-order valence-electron chi connectivity index (χ0n) is 10.3. The highest BCUT2D eigenvalue weighted by Gasteiger charge is 2.54. The number of halogens is 1. The molecule has 0 aromatic heterocycles. The summed E-state index contributed by atoms with van der Waals surface area (Å²) in [4.78, 5) is 12.7. The monoisotopic (exact) mass is 299 g/mol. The number of rotatable bonds is 3. The molecule has 0 aliphatic heterocycles. The third-order valence-electron chi connectivity index (χ3n) is 5.06. The van der Waals surface area contributed by atoms with Crippen LogP contribution in [0.2, 0.25) is 0 Å². The van der Waals surface area contributed by atoms with Crippen LogP contribution in [0.3, 0.4) is 0 Å². The Hall–Kier alpha value is -0.0500. The highest BCUT2D eigenvalue weighted by atomic mass is 79.9. The third kappa shape index (κ3) is 2.40. The first kappa shape index (κ1) is 12.0. The minimum Gasteiger partial charge on any atom is -0.356 e. The smallest absolute Gasteiger partial charge is 0.223 e. The molecular weight excluding hydrogens is 278 g/mol. The van der Waals surface area contributed by atoms with Crippen molar-refractivity contribution in [3.05, 3.63) is 0 Å². The van der Waals surface area contributed by atoms with E-state index in [1.165, 1.54) is 44.9 Å². The van der Waals surface area contributed by atoms with Gasteiger partial charge in [-0.3, -0.25) is 4.79 Å². The van der Waals surface area contributed by atoms with Crippen LogP contribution in [0.1, 0.15) is 44.9 Å². The van der Waals surface area contributed by atoms with Crippen molar-refractivity contribution < 1.29 is 4.79 Å². The molecule has 3 aliphatic rings. The zero-order chi connectivity index (χ0) is 11.8. The van der Waals surface area contributed by atoms with Gasteiger partial charge in [0.05, 0.1) is 0 Å². The summed E-state index contributed by atoms with van der Waals surface area (Å²) < 4.78 is 0. The van der Waals surface area contributed by atoms with E-state index in [1.54, 1.807) is 0 Å². The lowest BCUT2D eigenvalue weighted by Gasteiger charge is -2.14. The fraction of sp³-hybridized carbons (Fsp3) is 0.929. The Labute approximate surface area is 112 Å². The molecule has 1 amide bonds. The fourth-order valence-electron chi connectivity index (χ4n) is 3.95. The van der Waals surface area contributed by atoms with Gasteiger partial charge in [0, 0.05) is 17.3 Å². The molecule has 2 nitrogen and oxygen atoms in total. The normalized spacial score (nSPS) is 44.2. The number of fused-ring (bicyclic) bond motifs is 1. The summed E-state index contributed by atoms with van der Waals surface area (Å²) in [5.41, 5.74) is 0. The van der Waals surface area contributed by atoms with Crippen molar-refractivity contribution in [2.75, 3.05) is 6.54 Å². The summed E-state index contributed by atoms with van der Waals surface area (Å²) in [5.74, 6) is 2.89. The molecule has 0 aromatic carbocycles. The molecule has 3 rings (SSSR count). The Morgan fingerprint density at radius 3 is 2.35 bits per heavy atom. The number of hydrogen-bond donors (Lipinski definition) is 1. The summed E-state index contributed by atoms with van der Waals surface area (Å²) in [6.07, 6.45) is 9.14. The van der Waals surface area contributed by atoms with Gasteiger partial charge < -0.3 is 5.32 Å². The van der Waals surface area contributed by atoms with Crippen molar-refractivity contribution in [1.29, 1.82) is 0 Å². The lowest BCUT2D eigenvalue weighted by atomic mass is 10.0. The van der Waals surface area contributed by atoms with Gasteiger partial charge in [-0.05, 0) is 43.4 Å². The van der Waals surface area contributed by atoms with Gasteiger partial charge in [-0.1, -0.05) is 35.2 Å². The number of amides is 1. The molecule has 0 saturated heterocycles. The van der Waals surface area contributed by atoms with Gasteiger partial charge in [-0.2, -0.15) is 0 Å².